The molecule has 1 aromatic carbocycles. The normalized spacial score (nSPS) is 13.1. The standard InChI is InChI=1S/C19H17N3O6S/c1-11(19(24)20-12-4-5-13-14(9-12)26-10-25-13)27-17(23)7-6-16-21-18(22-28-16)15-3-2-8-29-15/h2-5,8-9,11H,6-7,10H2,1H3,(H,20,24). The first-order valence-corrected chi connectivity index (χ1v) is 9.73. The first-order chi connectivity index (χ1) is 14.1. The lowest BCUT2D eigenvalue weighted by atomic mass is 10.2. The first-order valence-electron chi connectivity index (χ1n) is 8.85. The van der Waals surface area contributed by atoms with Crippen molar-refractivity contribution in [1.29, 1.82) is 0 Å². The SMILES string of the molecule is CC(OC(=O)CCc1nc(-c2cccs2)no1)C(=O)Nc1ccc2c(c1)OCO2. The van der Waals surface area contributed by atoms with Crippen LogP contribution in [0, 0.1) is 0 Å². The van der Waals surface area contributed by atoms with E-state index in [4.69, 9.17) is 18.7 Å². The summed E-state index contributed by atoms with van der Waals surface area (Å²) in [7, 11) is 0. The highest BCUT2D eigenvalue weighted by Gasteiger charge is 2.20. The van der Waals surface area contributed by atoms with E-state index in [2.05, 4.69) is 15.5 Å². The largest absolute Gasteiger partial charge is 0.454 e. The second-order valence-electron chi connectivity index (χ2n) is 6.18. The Hall–Kier alpha value is -3.40. The number of aryl methyl sites for hydroxylation is 1. The van der Waals surface area contributed by atoms with Crippen LogP contribution in [-0.2, 0) is 20.7 Å². The number of rotatable bonds is 7. The Balaban J connectivity index is 1.25. The summed E-state index contributed by atoms with van der Waals surface area (Å²) in [5.41, 5.74) is 0.522. The molecule has 0 aliphatic carbocycles. The van der Waals surface area contributed by atoms with Crippen molar-refractivity contribution in [1.82, 2.24) is 10.1 Å². The van der Waals surface area contributed by atoms with Crippen LogP contribution >= 0.6 is 11.3 Å². The van der Waals surface area contributed by atoms with Gasteiger partial charge in [0.1, 0.15) is 0 Å². The van der Waals surface area contributed by atoms with E-state index < -0.39 is 18.0 Å². The smallest absolute Gasteiger partial charge is 0.307 e. The van der Waals surface area contributed by atoms with Crippen molar-refractivity contribution in [2.24, 2.45) is 0 Å². The maximum atomic E-state index is 12.3. The molecule has 3 heterocycles. The third-order valence-electron chi connectivity index (χ3n) is 4.07. The van der Waals surface area contributed by atoms with E-state index in [1.807, 2.05) is 17.5 Å². The summed E-state index contributed by atoms with van der Waals surface area (Å²) >= 11 is 1.50. The lowest BCUT2D eigenvalue weighted by molar-refractivity contribution is -0.153. The van der Waals surface area contributed by atoms with Crippen LogP contribution in [0.5, 0.6) is 11.5 Å². The number of ether oxygens (including phenoxy) is 3. The maximum Gasteiger partial charge on any atom is 0.307 e. The van der Waals surface area contributed by atoms with Gasteiger partial charge in [-0.2, -0.15) is 4.98 Å². The molecule has 1 amide bonds. The number of esters is 1. The molecule has 0 bridgehead atoms. The van der Waals surface area contributed by atoms with Crippen LogP contribution < -0.4 is 14.8 Å². The Kier molecular flexibility index (Phi) is 5.43. The maximum absolute atomic E-state index is 12.3. The number of amides is 1. The number of nitrogens with zero attached hydrogens (tertiary/aromatic N) is 2. The van der Waals surface area contributed by atoms with Crippen molar-refractivity contribution in [3.63, 3.8) is 0 Å². The summed E-state index contributed by atoms with van der Waals surface area (Å²) in [5.74, 6) is 1.01. The van der Waals surface area contributed by atoms with Crippen molar-refractivity contribution in [2.45, 2.75) is 25.9 Å². The lowest BCUT2D eigenvalue weighted by Crippen LogP contribution is -2.30. The minimum Gasteiger partial charge on any atom is -0.454 e. The summed E-state index contributed by atoms with van der Waals surface area (Å²) in [6.07, 6.45) is -0.709. The van der Waals surface area contributed by atoms with Gasteiger partial charge in [0, 0.05) is 18.2 Å². The van der Waals surface area contributed by atoms with Crippen LogP contribution in [0.15, 0.2) is 40.2 Å². The summed E-state index contributed by atoms with van der Waals surface area (Å²) < 4.78 is 20.8. The highest BCUT2D eigenvalue weighted by Crippen LogP contribution is 2.34. The fourth-order valence-electron chi connectivity index (χ4n) is 2.60. The number of carbonyl (C=O) groups is 2. The van der Waals surface area contributed by atoms with Gasteiger partial charge in [-0.05, 0) is 30.5 Å². The average molecular weight is 415 g/mol. The van der Waals surface area contributed by atoms with Gasteiger partial charge in [0.05, 0.1) is 11.3 Å². The van der Waals surface area contributed by atoms with Gasteiger partial charge in [0.2, 0.25) is 18.5 Å². The Morgan fingerprint density at radius 3 is 2.97 bits per heavy atom. The Bertz CT molecular complexity index is 1020. The fraction of sp³-hybridized carbons (Fsp3) is 0.263. The van der Waals surface area contributed by atoms with Crippen molar-refractivity contribution in [3.8, 4) is 22.2 Å². The van der Waals surface area contributed by atoms with Gasteiger partial charge < -0.3 is 24.1 Å². The average Bonchev–Trinajstić information content (AvgIpc) is 3.46. The summed E-state index contributed by atoms with van der Waals surface area (Å²) in [4.78, 5) is 29.4. The molecule has 4 rings (SSSR count). The minimum absolute atomic E-state index is 0.0215. The summed E-state index contributed by atoms with van der Waals surface area (Å²) in [6, 6.07) is 8.80. The molecule has 1 unspecified atom stereocenters. The monoisotopic (exact) mass is 415 g/mol. The number of anilines is 1. The number of hydrogen-bond acceptors (Lipinski definition) is 9. The first kappa shape index (κ1) is 18.9. The van der Waals surface area contributed by atoms with Crippen molar-refractivity contribution in [2.75, 3.05) is 12.1 Å². The highest BCUT2D eigenvalue weighted by atomic mass is 32.1. The van der Waals surface area contributed by atoms with E-state index in [1.165, 1.54) is 18.3 Å². The molecule has 0 radical (unpaired) electrons. The molecule has 10 heteroatoms. The summed E-state index contributed by atoms with van der Waals surface area (Å²) in [5, 5.41) is 8.48. The van der Waals surface area contributed by atoms with E-state index in [0.29, 0.717) is 28.9 Å². The molecule has 1 atom stereocenters. The third-order valence-corrected chi connectivity index (χ3v) is 4.94. The van der Waals surface area contributed by atoms with Crippen LogP contribution in [0.3, 0.4) is 0 Å². The third kappa shape index (κ3) is 4.54. The van der Waals surface area contributed by atoms with Crippen molar-refractivity contribution < 1.29 is 28.3 Å². The van der Waals surface area contributed by atoms with Gasteiger partial charge in [0.15, 0.2) is 17.6 Å². The van der Waals surface area contributed by atoms with E-state index in [-0.39, 0.29) is 19.6 Å². The summed E-state index contributed by atoms with van der Waals surface area (Å²) in [6.45, 7) is 1.65. The van der Waals surface area contributed by atoms with Crippen molar-refractivity contribution in [3.05, 3.63) is 41.6 Å². The van der Waals surface area contributed by atoms with Crippen LogP contribution in [0.25, 0.3) is 10.7 Å². The second-order valence-corrected chi connectivity index (χ2v) is 7.13. The molecule has 9 nitrogen and oxygen atoms in total. The van der Waals surface area contributed by atoms with Crippen molar-refractivity contribution >= 4 is 28.9 Å². The van der Waals surface area contributed by atoms with E-state index >= 15 is 0 Å². The number of aromatic nitrogens is 2. The molecule has 1 aliphatic rings. The Morgan fingerprint density at radius 1 is 1.28 bits per heavy atom. The quantitative estimate of drug-likeness (QED) is 0.586. The molecule has 0 saturated heterocycles. The molecular formula is C19H17N3O6S. The molecule has 0 spiro atoms. The predicted molar refractivity (Wildman–Crippen MR) is 103 cm³/mol. The van der Waals surface area contributed by atoms with Gasteiger partial charge >= 0.3 is 5.97 Å². The Morgan fingerprint density at radius 2 is 2.14 bits per heavy atom. The highest BCUT2D eigenvalue weighted by molar-refractivity contribution is 7.13. The minimum atomic E-state index is -0.961. The van der Waals surface area contributed by atoms with Crippen LogP contribution in [0.2, 0.25) is 0 Å². The van der Waals surface area contributed by atoms with Gasteiger partial charge in [-0.1, -0.05) is 11.2 Å². The second kappa shape index (κ2) is 8.31. The van der Waals surface area contributed by atoms with E-state index in [0.717, 1.165) is 4.88 Å². The van der Waals surface area contributed by atoms with Gasteiger partial charge in [-0.3, -0.25) is 9.59 Å². The van der Waals surface area contributed by atoms with Gasteiger partial charge in [-0.15, -0.1) is 11.3 Å². The Labute approximate surface area is 169 Å². The van der Waals surface area contributed by atoms with Gasteiger partial charge in [0.25, 0.3) is 5.91 Å². The van der Waals surface area contributed by atoms with Crippen LogP contribution in [0.4, 0.5) is 5.69 Å². The topological polar surface area (TPSA) is 113 Å². The molecule has 29 heavy (non-hydrogen) atoms. The lowest BCUT2D eigenvalue weighted by Gasteiger charge is -2.13. The zero-order valence-electron chi connectivity index (χ0n) is 15.4. The zero-order chi connectivity index (χ0) is 20.2. The molecule has 1 N–H and O–H groups in total. The molecule has 1 aliphatic heterocycles. The molecule has 150 valence electrons. The predicted octanol–water partition coefficient (Wildman–Crippen LogP) is 3.03. The molecular weight excluding hydrogens is 398 g/mol. The number of hydrogen-bond donors (Lipinski definition) is 1. The number of thiophene rings is 1. The number of carbonyl (C=O) groups excluding carboxylic acids is 2. The number of fused-ring (bicyclic) bond motifs is 1. The van der Waals surface area contributed by atoms with E-state index in [9.17, 15) is 9.59 Å². The van der Waals surface area contributed by atoms with Gasteiger partial charge in [-0.25, -0.2) is 0 Å². The van der Waals surface area contributed by atoms with E-state index in [1.54, 1.807) is 18.2 Å². The molecule has 0 fully saturated rings. The van der Waals surface area contributed by atoms with Crippen LogP contribution in [0.1, 0.15) is 19.2 Å². The fourth-order valence-corrected chi connectivity index (χ4v) is 3.25. The number of benzene rings is 1. The van der Waals surface area contributed by atoms with Crippen LogP contribution in [-0.4, -0.2) is 34.9 Å². The molecule has 2 aromatic heterocycles. The number of nitrogens with one attached hydrogen (secondary N) is 1. The zero-order valence-corrected chi connectivity index (χ0v) is 16.2. The molecule has 3 aromatic rings. The molecule has 0 saturated carbocycles.